The number of hydrogen-bond donors (Lipinski definition) is 0. The summed E-state index contributed by atoms with van der Waals surface area (Å²) in [6.45, 7) is 0.561. The van der Waals surface area contributed by atoms with Crippen molar-refractivity contribution in [2.75, 3.05) is 12.5 Å². The van der Waals surface area contributed by atoms with Gasteiger partial charge in [-0.25, -0.2) is 4.98 Å². The third kappa shape index (κ3) is 4.29. The van der Waals surface area contributed by atoms with Crippen molar-refractivity contribution < 1.29 is 4.74 Å². The van der Waals surface area contributed by atoms with Gasteiger partial charge in [-0.1, -0.05) is 11.8 Å². The minimum atomic E-state index is 0.542. The molecule has 2 aromatic heterocycles. The number of nitrogens with zero attached hydrogens (tertiary/aromatic N) is 3. The van der Waals surface area contributed by atoms with Gasteiger partial charge in [0.1, 0.15) is 11.6 Å². The Morgan fingerprint density at radius 1 is 1.40 bits per heavy atom. The molecule has 0 unspecified atom stereocenters. The molecule has 0 atom stereocenters. The first-order valence-corrected chi connectivity index (χ1v) is 6.92. The number of alkyl halides is 1. The Kier molecular flexibility index (Phi) is 5.45. The van der Waals surface area contributed by atoms with Gasteiger partial charge in [-0.3, -0.25) is 4.98 Å². The summed E-state index contributed by atoms with van der Waals surface area (Å²) in [4.78, 5) is 8.36. The number of imidazole rings is 1. The van der Waals surface area contributed by atoms with Crippen LogP contribution in [0.15, 0.2) is 30.9 Å². The van der Waals surface area contributed by atoms with E-state index in [0.717, 1.165) is 23.6 Å². The third-order valence-corrected chi connectivity index (χ3v) is 2.87. The van der Waals surface area contributed by atoms with Gasteiger partial charge in [-0.05, 0) is 6.07 Å². The zero-order valence-electron chi connectivity index (χ0n) is 11.3. The molecule has 104 valence electrons. The smallest absolute Gasteiger partial charge is 0.138 e. The van der Waals surface area contributed by atoms with Crippen LogP contribution in [0.25, 0.3) is 0 Å². The average Bonchev–Trinajstić information content (AvgIpc) is 2.85. The largest absolute Gasteiger partial charge is 0.491 e. The Morgan fingerprint density at radius 2 is 2.30 bits per heavy atom. The summed E-state index contributed by atoms with van der Waals surface area (Å²) < 4.78 is 7.65. The summed E-state index contributed by atoms with van der Waals surface area (Å²) in [5.41, 5.74) is 0.838. The monoisotopic (exact) mass is 289 g/mol. The van der Waals surface area contributed by atoms with Crippen LogP contribution in [0.3, 0.4) is 0 Å². The predicted octanol–water partition coefficient (Wildman–Crippen LogP) is 2.42. The fraction of sp³-hybridized carbons (Fsp3) is 0.333. The summed E-state index contributed by atoms with van der Waals surface area (Å²) in [5.74, 6) is 8.24. The highest BCUT2D eigenvalue weighted by Crippen LogP contribution is 2.11. The summed E-state index contributed by atoms with van der Waals surface area (Å²) >= 11 is 5.58. The fourth-order valence-electron chi connectivity index (χ4n) is 1.68. The lowest BCUT2D eigenvalue weighted by Gasteiger charge is -2.06. The normalized spacial score (nSPS) is 9.90. The summed E-state index contributed by atoms with van der Waals surface area (Å²) in [6, 6.07) is 1.88. The Balaban J connectivity index is 1.89. The third-order valence-electron chi connectivity index (χ3n) is 2.68. The molecule has 0 aliphatic heterocycles. The topological polar surface area (TPSA) is 39.9 Å². The maximum Gasteiger partial charge on any atom is 0.138 e. The van der Waals surface area contributed by atoms with Crippen LogP contribution >= 0.6 is 11.6 Å². The minimum Gasteiger partial charge on any atom is -0.491 e. The SMILES string of the molecule is Cn1ccnc1CCOc1cncc(C#CCCCl)c1. The molecular formula is C15H16ClN3O. The highest BCUT2D eigenvalue weighted by molar-refractivity contribution is 6.18. The zero-order valence-corrected chi connectivity index (χ0v) is 12.1. The van der Waals surface area contributed by atoms with Gasteiger partial charge in [-0.2, -0.15) is 0 Å². The van der Waals surface area contributed by atoms with E-state index in [1.807, 2.05) is 23.9 Å². The van der Waals surface area contributed by atoms with Crippen molar-refractivity contribution in [1.82, 2.24) is 14.5 Å². The van der Waals surface area contributed by atoms with E-state index in [-0.39, 0.29) is 0 Å². The molecule has 20 heavy (non-hydrogen) atoms. The van der Waals surface area contributed by atoms with Crippen LogP contribution in [0.2, 0.25) is 0 Å². The highest BCUT2D eigenvalue weighted by Gasteiger charge is 2.00. The molecule has 0 radical (unpaired) electrons. The van der Waals surface area contributed by atoms with E-state index in [4.69, 9.17) is 16.3 Å². The molecule has 0 N–H and O–H groups in total. The molecule has 0 saturated carbocycles. The molecule has 0 aliphatic rings. The van der Waals surface area contributed by atoms with Crippen molar-refractivity contribution in [3.8, 4) is 17.6 Å². The maximum atomic E-state index is 5.67. The first-order chi connectivity index (χ1) is 9.79. The molecule has 2 aromatic rings. The molecule has 0 bridgehead atoms. The van der Waals surface area contributed by atoms with Gasteiger partial charge in [-0.15, -0.1) is 11.6 Å². The summed E-state index contributed by atoms with van der Waals surface area (Å²) in [5, 5.41) is 0. The summed E-state index contributed by atoms with van der Waals surface area (Å²) in [7, 11) is 1.97. The van der Waals surface area contributed by atoms with Crippen LogP contribution in [0, 0.1) is 11.8 Å². The van der Waals surface area contributed by atoms with Gasteiger partial charge in [0.15, 0.2) is 0 Å². The highest BCUT2D eigenvalue weighted by atomic mass is 35.5. The van der Waals surface area contributed by atoms with E-state index in [2.05, 4.69) is 21.8 Å². The number of aromatic nitrogens is 3. The van der Waals surface area contributed by atoms with Gasteiger partial charge >= 0.3 is 0 Å². The van der Waals surface area contributed by atoms with Crippen LogP contribution < -0.4 is 4.74 Å². The second-order valence-electron chi connectivity index (χ2n) is 4.20. The molecule has 2 rings (SSSR count). The van der Waals surface area contributed by atoms with Crippen LogP contribution in [0.4, 0.5) is 0 Å². The molecule has 2 heterocycles. The van der Waals surface area contributed by atoms with Gasteiger partial charge < -0.3 is 9.30 Å². The Bertz CT molecular complexity index is 613. The van der Waals surface area contributed by atoms with E-state index in [9.17, 15) is 0 Å². The molecule has 5 heteroatoms. The fourth-order valence-corrected chi connectivity index (χ4v) is 1.77. The van der Waals surface area contributed by atoms with Crippen molar-refractivity contribution in [3.63, 3.8) is 0 Å². The second-order valence-corrected chi connectivity index (χ2v) is 4.58. The molecular weight excluding hydrogens is 274 g/mol. The number of ether oxygens (including phenoxy) is 1. The first kappa shape index (κ1) is 14.4. The van der Waals surface area contributed by atoms with Crippen molar-refractivity contribution in [3.05, 3.63) is 42.2 Å². The zero-order chi connectivity index (χ0) is 14.2. The second kappa shape index (κ2) is 7.56. The van der Waals surface area contributed by atoms with Crippen molar-refractivity contribution in [1.29, 1.82) is 0 Å². The Morgan fingerprint density at radius 3 is 3.05 bits per heavy atom. The van der Waals surface area contributed by atoms with Gasteiger partial charge in [0.05, 0.1) is 12.8 Å². The van der Waals surface area contributed by atoms with Crippen molar-refractivity contribution in [2.45, 2.75) is 12.8 Å². The Labute approximate surface area is 123 Å². The van der Waals surface area contributed by atoms with Crippen molar-refractivity contribution in [2.24, 2.45) is 7.05 Å². The van der Waals surface area contributed by atoms with E-state index in [0.29, 0.717) is 18.9 Å². The van der Waals surface area contributed by atoms with Gasteiger partial charge in [0.2, 0.25) is 0 Å². The number of pyridine rings is 1. The molecule has 0 saturated heterocycles. The van der Waals surface area contributed by atoms with Crippen LogP contribution in [-0.4, -0.2) is 27.0 Å². The molecule has 0 aromatic carbocycles. The van der Waals surface area contributed by atoms with Crippen LogP contribution in [0.5, 0.6) is 5.75 Å². The Hall–Kier alpha value is -1.99. The summed E-state index contributed by atoms with van der Waals surface area (Å²) in [6.07, 6.45) is 8.53. The van der Waals surface area contributed by atoms with E-state index < -0.39 is 0 Å². The van der Waals surface area contributed by atoms with E-state index in [1.54, 1.807) is 18.6 Å². The van der Waals surface area contributed by atoms with Crippen LogP contribution in [0.1, 0.15) is 17.8 Å². The predicted molar refractivity (Wildman–Crippen MR) is 78.9 cm³/mol. The maximum absolute atomic E-state index is 5.67. The number of rotatable bonds is 5. The number of hydrogen-bond acceptors (Lipinski definition) is 3. The lowest BCUT2D eigenvalue weighted by atomic mass is 10.2. The number of aryl methyl sites for hydroxylation is 1. The molecule has 0 spiro atoms. The minimum absolute atomic E-state index is 0.542. The van der Waals surface area contributed by atoms with Crippen LogP contribution in [-0.2, 0) is 13.5 Å². The molecule has 0 aliphatic carbocycles. The van der Waals surface area contributed by atoms with E-state index >= 15 is 0 Å². The standard InChI is InChI=1S/C15H16ClN3O/c1-19-8-7-18-15(19)5-9-20-14-10-13(11-17-12-14)4-2-3-6-16/h7-8,10-12H,3,5-6,9H2,1H3. The lowest BCUT2D eigenvalue weighted by molar-refractivity contribution is 0.316. The van der Waals surface area contributed by atoms with Gasteiger partial charge in [0, 0.05) is 49.9 Å². The molecule has 0 amide bonds. The van der Waals surface area contributed by atoms with E-state index in [1.165, 1.54) is 0 Å². The van der Waals surface area contributed by atoms with Gasteiger partial charge in [0.25, 0.3) is 0 Å². The molecule has 4 nitrogen and oxygen atoms in total. The lowest BCUT2D eigenvalue weighted by Crippen LogP contribution is -2.06. The quantitative estimate of drug-likeness (QED) is 0.627. The first-order valence-electron chi connectivity index (χ1n) is 6.38. The number of halogens is 1. The molecule has 0 fully saturated rings. The van der Waals surface area contributed by atoms with Crippen molar-refractivity contribution >= 4 is 11.6 Å². The average molecular weight is 290 g/mol.